The zero-order valence-electron chi connectivity index (χ0n) is 17.7. The molecule has 0 saturated carbocycles. The summed E-state index contributed by atoms with van der Waals surface area (Å²) in [5, 5.41) is 2.98. The van der Waals surface area contributed by atoms with Gasteiger partial charge in [-0.3, -0.25) is 9.69 Å². The van der Waals surface area contributed by atoms with E-state index in [9.17, 15) is 4.79 Å². The molecule has 0 aliphatic carbocycles. The first kappa shape index (κ1) is 20.8. The molecule has 0 bridgehead atoms. The zero-order chi connectivity index (χ0) is 21.5. The van der Waals surface area contributed by atoms with Crippen LogP contribution in [0.25, 0.3) is 0 Å². The fourth-order valence-electron chi connectivity index (χ4n) is 3.70. The maximum atomic E-state index is 12.6. The van der Waals surface area contributed by atoms with Gasteiger partial charge in [0.25, 0.3) is 0 Å². The summed E-state index contributed by atoms with van der Waals surface area (Å²) in [4.78, 5) is 17.1. The molecule has 3 aromatic carbocycles. The van der Waals surface area contributed by atoms with Gasteiger partial charge in [-0.1, -0.05) is 36.4 Å². The fraction of sp³-hybridized carbons (Fsp3) is 0.240. The molecule has 6 heteroatoms. The van der Waals surface area contributed by atoms with Gasteiger partial charge < -0.3 is 19.7 Å². The number of carbonyl (C=O) groups excluding carboxylic acids is 1. The summed E-state index contributed by atoms with van der Waals surface area (Å²) >= 11 is 0. The summed E-state index contributed by atoms with van der Waals surface area (Å²) in [5.41, 5.74) is 1.83. The van der Waals surface area contributed by atoms with Crippen LogP contribution >= 0.6 is 0 Å². The lowest BCUT2D eigenvalue weighted by Gasteiger charge is -2.36. The number of methoxy groups -OCH3 is 1. The van der Waals surface area contributed by atoms with Gasteiger partial charge in [0.15, 0.2) is 0 Å². The Hall–Kier alpha value is -3.51. The molecule has 1 heterocycles. The van der Waals surface area contributed by atoms with Crippen LogP contribution in [0.5, 0.6) is 17.2 Å². The standard InChI is InChI=1S/C25H27N3O3/c1-30-24-13-6-5-12-23(24)28-16-14-27(15-17-28)19-25(29)26-20-8-7-11-22(18-20)31-21-9-3-2-4-10-21/h2-13,18H,14-17,19H2,1H3,(H,26,29). The van der Waals surface area contributed by atoms with Crippen molar-refractivity contribution >= 4 is 17.3 Å². The van der Waals surface area contributed by atoms with Crippen LogP contribution in [0.15, 0.2) is 78.9 Å². The number of para-hydroxylation sites is 3. The Kier molecular flexibility index (Phi) is 6.69. The number of rotatable bonds is 7. The number of piperazine rings is 1. The van der Waals surface area contributed by atoms with Crippen molar-refractivity contribution in [3.8, 4) is 17.2 Å². The summed E-state index contributed by atoms with van der Waals surface area (Å²) in [7, 11) is 1.69. The number of nitrogens with zero attached hydrogens (tertiary/aromatic N) is 2. The van der Waals surface area contributed by atoms with Gasteiger partial charge in [0, 0.05) is 37.9 Å². The zero-order valence-corrected chi connectivity index (χ0v) is 17.7. The third-order valence-electron chi connectivity index (χ3n) is 5.26. The quantitative estimate of drug-likeness (QED) is 0.623. The van der Waals surface area contributed by atoms with Crippen molar-refractivity contribution in [2.45, 2.75) is 0 Å². The number of hydrogen-bond acceptors (Lipinski definition) is 5. The molecule has 1 amide bonds. The normalized spacial score (nSPS) is 14.2. The summed E-state index contributed by atoms with van der Waals surface area (Å²) in [6, 6.07) is 25.1. The molecule has 1 saturated heterocycles. The number of carbonyl (C=O) groups is 1. The van der Waals surface area contributed by atoms with Crippen LogP contribution < -0.4 is 19.7 Å². The Bertz CT molecular complexity index is 1000. The predicted octanol–water partition coefficient (Wildman–Crippen LogP) is 4.25. The summed E-state index contributed by atoms with van der Waals surface area (Å²) in [5.74, 6) is 2.31. The van der Waals surface area contributed by atoms with E-state index in [2.05, 4.69) is 21.2 Å². The van der Waals surface area contributed by atoms with Crippen LogP contribution in [-0.2, 0) is 4.79 Å². The van der Waals surface area contributed by atoms with E-state index in [0.717, 1.165) is 49.1 Å². The van der Waals surface area contributed by atoms with E-state index in [1.807, 2.05) is 72.8 Å². The van der Waals surface area contributed by atoms with Gasteiger partial charge in [0.2, 0.25) is 5.91 Å². The van der Waals surface area contributed by atoms with Crippen LogP contribution in [0.2, 0.25) is 0 Å². The minimum absolute atomic E-state index is 0.0254. The van der Waals surface area contributed by atoms with Crippen LogP contribution in [0.4, 0.5) is 11.4 Å². The van der Waals surface area contributed by atoms with E-state index in [1.54, 1.807) is 7.11 Å². The topological polar surface area (TPSA) is 54.0 Å². The van der Waals surface area contributed by atoms with Crippen LogP contribution in [0.1, 0.15) is 0 Å². The highest BCUT2D eigenvalue weighted by Crippen LogP contribution is 2.28. The molecule has 0 radical (unpaired) electrons. The van der Waals surface area contributed by atoms with E-state index >= 15 is 0 Å². The monoisotopic (exact) mass is 417 g/mol. The third-order valence-corrected chi connectivity index (χ3v) is 5.26. The smallest absolute Gasteiger partial charge is 0.238 e. The van der Waals surface area contributed by atoms with Crippen molar-refractivity contribution in [2.24, 2.45) is 0 Å². The number of amides is 1. The number of benzene rings is 3. The minimum atomic E-state index is -0.0254. The second-order valence-corrected chi connectivity index (χ2v) is 7.43. The van der Waals surface area contributed by atoms with Gasteiger partial charge in [-0.15, -0.1) is 0 Å². The fourth-order valence-corrected chi connectivity index (χ4v) is 3.70. The summed E-state index contributed by atoms with van der Waals surface area (Å²) in [6.45, 7) is 3.72. The van der Waals surface area contributed by atoms with Crippen molar-refractivity contribution in [2.75, 3.05) is 50.1 Å². The second kappa shape index (κ2) is 10.00. The third kappa shape index (κ3) is 5.55. The minimum Gasteiger partial charge on any atom is -0.495 e. The first-order valence-electron chi connectivity index (χ1n) is 10.4. The molecule has 1 N–H and O–H groups in total. The first-order valence-corrected chi connectivity index (χ1v) is 10.4. The number of ether oxygens (including phenoxy) is 2. The molecule has 0 atom stereocenters. The van der Waals surface area contributed by atoms with Crippen molar-refractivity contribution in [3.63, 3.8) is 0 Å². The maximum Gasteiger partial charge on any atom is 0.238 e. The Labute approximate surface area is 183 Å². The predicted molar refractivity (Wildman–Crippen MR) is 123 cm³/mol. The van der Waals surface area contributed by atoms with Crippen LogP contribution in [0.3, 0.4) is 0 Å². The van der Waals surface area contributed by atoms with Crippen LogP contribution in [0, 0.1) is 0 Å². The molecule has 6 nitrogen and oxygen atoms in total. The molecule has 4 rings (SSSR count). The van der Waals surface area contributed by atoms with Crippen LogP contribution in [-0.4, -0.2) is 50.6 Å². The lowest BCUT2D eigenvalue weighted by atomic mass is 10.2. The van der Waals surface area contributed by atoms with E-state index in [4.69, 9.17) is 9.47 Å². The van der Waals surface area contributed by atoms with Gasteiger partial charge in [-0.25, -0.2) is 0 Å². The number of nitrogens with one attached hydrogen (secondary N) is 1. The van der Waals surface area contributed by atoms with Crippen molar-refractivity contribution in [1.29, 1.82) is 0 Å². The highest BCUT2D eigenvalue weighted by Gasteiger charge is 2.21. The lowest BCUT2D eigenvalue weighted by Crippen LogP contribution is -2.48. The van der Waals surface area contributed by atoms with E-state index in [0.29, 0.717) is 12.3 Å². The van der Waals surface area contributed by atoms with Crippen molar-refractivity contribution < 1.29 is 14.3 Å². The number of hydrogen-bond donors (Lipinski definition) is 1. The Morgan fingerprint density at radius 2 is 1.58 bits per heavy atom. The molecule has 1 aliphatic heterocycles. The molecule has 1 fully saturated rings. The Morgan fingerprint density at radius 3 is 2.35 bits per heavy atom. The van der Waals surface area contributed by atoms with E-state index < -0.39 is 0 Å². The largest absolute Gasteiger partial charge is 0.495 e. The molecule has 31 heavy (non-hydrogen) atoms. The molecule has 3 aromatic rings. The number of anilines is 2. The maximum absolute atomic E-state index is 12.6. The summed E-state index contributed by atoms with van der Waals surface area (Å²) < 4.78 is 11.3. The van der Waals surface area contributed by atoms with Gasteiger partial charge in [0.1, 0.15) is 17.2 Å². The molecular weight excluding hydrogens is 390 g/mol. The molecule has 160 valence electrons. The lowest BCUT2D eigenvalue weighted by molar-refractivity contribution is -0.117. The average Bonchev–Trinajstić information content (AvgIpc) is 2.80. The summed E-state index contributed by atoms with van der Waals surface area (Å²) in [6.07, 6.45) is 0. The molecule has 0 aromatic heterocycles. The van der Waals surface area contributed by atoms with Gasteiger partial charge in [-0.05, 0) is 36.4 Å². The average molecular weight is 418 g/mol. The SMILES string of the molecule is COc1ccccc1N1CCN(CC(=O)Nc2cccc(Oc3ccccc3)c2)CC1. The molecule has 0 unspecified atom stereocenters. The van der Waals surface area contributed by atoms with E-state index in [-0.39, 0.29) is 5.91 Å². The highest BCUT2D eigenvalue weighted by molar-refractivity contribution is 5.92. The van der Waals surface area contributed by atoms with Crippen molar-refractivity contribution in [1.82, 2.24) is 4.90 Å². The first-order chi connectivity index (χ1) is 15.2. The van der Waals surface area contributed by atoms with Gasteiger partial charge in [0.05, 0.1) is 19.3 Å². The molecule has 1 aliphatic rings. The van der Waals surface area contributed by atoms with Gasteiger partial charge in [-0.2, -0.15) is 0 Å². The Balaban J connectivity index is 1.28. The second-order valence-electron chi connectivity index (χ2n) is 7.43. The molecular formula is C25H27N3O3. The van der Waals surface area contributed by atoms with E-state index in [1.165, 1.54) is 0 Å². The Morgan fingerprint density at radius 1 is 0.871 bits per heavy atom. The van der Waals surface area contributed by atoms with Crippen molar-refractivity contribution in [3.05, 3.63) is 78.9 Å². The molecule has 0 spiro atoms. The highest BCUT2D eigenvalue weighted by atomic mass is 16.5. The van der Waals surface area contributed by atoms with Gasteiger partial charge >= 0.3 is 0 Å².